The molecule has 0 aliphatic heterocycles. The quantitative estimate of drug-likeness (QED) is 0.737. The van der Waals surface area contributed by atoms with Gasteiger partial charge in [-0.2, -0.15) is 5.26 Å². The summed E-state index contributed by atoms with van der Waals surface area (Å²) in [4.78, 5) is 6.15. The Bertz CT molecular complexity index is 1020. The van der Waals surface area contributed by atoms with Crippen molar-refractivity contribution in [3.63, 3.8) is 0 Å². The molecule has 2 heterocycles. The van der Waals surface area contributed by atoms with Gasteiger partial charge in [0, 0.05) is 31.9 Å². The summed E-state index contributed by atoms with van der Waals surface area (Å²) in [7, 11) is -0.123. The number of fused-ring (bicyclic) bond motifs is 1. The molecule has 0 saturated carbocycles. The Kier molecular flexibility index (Phi) is 3.54. The molecule has 2 aromatic heterocycles. The van der Waals surface area contributed by atoms with Gasteiger partial charge < -0.3 is 4.90 Å². The fourth-order valence-corrected chi connectivity index (χ4v) is 3.84. The van der Waals surface area contributed by atoms with Crippen molar-refractivity contribution in [1.82, 2.24) is 8.96 Å². The Morgan fingerprint density at radius 1 is 1.17 bits per heavy atom. The smallest absolute Gasteiger partial charge is 0.269 e. The van der Waals surface area contributed by atoms with Crippen molar-refractivity contribution >= 4 is 26.7 Å². The zero-order valence-electron chi connectivity index (χ0n) is 12.6. The van der Waals surface area contributed by atoms with Gasteiger partial charge >= 0.3 is 0 Å². The first-order chi connectivity index (χ1) is 11.0. The van der Waals surface area contributed by atoms with Crippen LogP contribution in [0.15, 0.2) is 53.7 Å². The van der Waals surface area contributed by atoms with Crippen molar-refractivity contribution in [2.24, 2.45) is 0 Å². The minimum atomic E-state index is -3.73. The van der Waals surface area contributed by atoms with Crippen molar-refractivity contribution in [2.45, 2.75) is 4.90 Å². The van der Waals surface area contributed by atoms with Crippen LogP contribution in [0.25, 0.3) is 11.0 Å². The van der Waals surface area contributed by atoms with E-state index in [-0.39, 0.29) is 4.90 Å². The Morgan fingerprint density at radius 3 is 2.48 bits per heavy atom. The van der Waals surface area contributed by atoms with Crippen molar-refractivity contribution in [3.8, 4) is 6.07 Å². The van der Waals surface area contributed by atoms with Crippen LogP contribution in [0.5, 0.6) is 0 Å². The fourth-order valence-electron chi connectivity index (χ4n) is 2.51. The van der Waals surface area contributed by atoms with E-state index < -0.39 is 10.0 Å². The van der Waals surface area contributed by atoms with E-state index in [1.807, 2.05) is 0 Å². The summed E-state index contributed by atoms with van der Waals surface area (Å²) >= 11 is 0. The van der Waals surface area contributed by atoms with E-state index in [0.717, 1.165) is 3.97 Å². The number of pyridine rings is 1. The number of nitriles is 1. The van der Waals surface area contributed by atoms with Gasteiger partial charge in [0.25, 0.3) is 10.0 Å². The van der Waals surface area contributed by atoms with E-state index >= 15 is 0 Å². The number of hydrogen-bond donors (Lipinski definition) is 0. The molecule has 23 heavy (non-hydrogen) atoms. The largest absolute Gasteiger partial charge is 0.376 e. The Balaban J connectivity index is 2.30. The highest BCUT2D eigenvalue weighted by molar-refractivity contribution is 7.90. The summed E-state index contributed by atoms with van der Waals surface area (Å²) in [5.41, 5.74) is 1.36. The van der Waals surface area contributed by atoms with E-state index in [2.05, 4.69) is 11.1 Å². The number of rotatable bonds is 3. The first kappa shape index (κ1) is 15.1. The molecular formula is C16H14N4O2S. The van der Waals surface area contributed by atoms with Gasteiger partial charge in [0.2, 0.25) is 0 Å². The average Bonchev–Trinajstić information content (AvgIpc) is 2.99. The third-order valence-electron chi connectivity index (χ3n) is 3.52. The molecule has 0 aliphatic rings. The van der Waals surface area contributed by atoms with Crippen molar-refractivity contribution < 1.29 is 8.42 Å². The SMILES string of the molecule is CN(C)c1c(C#N)cnc2c1ccn2S(=O)(=O)c1ccccc1. The molecule has 3 rings (SSSR count). The second-order valence-corrected chi connectivity index (χ2v) is 7.01. The molecule has 0 atom stereocenters. The molecular weight excluding hydrogens is 312 g/mol. The number of anilines is 1. The maximum Gasteiger partial charge on any atom is 0.269 e. The summed E-state index contributed by atoms with van der Waals surface area (Å²) < 4.78 is 26.7. The molecule has 0 fully saturated rings. The Morgan fingerprint density at radius 2 is 1.87 bits per heavy atom. The number of benzene rings is 1. The number of aromatic nitrogens is 2. The third-order valence-corrected chi connectivity index (χ3v) is 5.20. The van der Waals surface area contributed by atoms with Gasteiger partial charge in [-0.05, 0) is 18.2 Å². The number of hydrogen-bond acceptors (Lipinski definition) is 5. The van der Waals surface area contributed by atoms with Crippen LogP contribution in [0.2, 0.25) is 0 Å². The van der Waals surface area contributed by atoms with Gasteiger partial charge in [-0.15, -0.1) is 0 Å². The van der Waals surface area contributed by atoms with Gasteiger partial charge in [-0.1, -0.05) is 18.2 Å². The molecule has 0 unspecified atom stereocenters. The monoisotopic (exact) mass is 326 g/mol. The van der Waals surface area contributed by atoms with E-state index in [1.54, 1.807) is 43.3 Å². The minimum Gasteiger partial charge on any atom is -0.376 e. The topological polar surface area (TPSA) is 79.0 Å². The molecule has 6 nitrogen and oxygen atoms in total. The normalized spacial score (nSPS) is 11.3. The lowest BCUT2D eigenvalue weighted by atomic mass is 10.2. The first-order valence-electron chi connectivity index (χ1n) is 6.85. The molecule has 7 heteroatoms. The second-order valence-electron chi connectivity index (χ2n) is 5.19. The van der Waals surface area contributed by atoms with E-state index in [1.165, 1.54) is 24.5 Å². The van der Waals surface area contributed by atoms with Gasteiger partial charge in [-0.3, -0.25) is 0 Å². The lowest BCUT2D eigenvalue weighted by Gasteiger charge is -2.15. The van der Waals surface area contributed by atoms with Crippen LogP contribution < -0.4 is 4.90 Å². The molecule has 0 amide bonds. The maximum absolute atomic E-state index is 12.8. The van der Waals surface area contributed by atoms with E-state index in [0.29, 0.717) is 22.3 Å². The van der Waals surface area contributed by atoms with Gasteiger partial charge in [0.05, 0.1) is 16.1 Å². The highest BCUT2D eigenvalue weighted by Crippen LogP contribution is 2.30. The molecule has 3 aromatic rings. The molecule has 0 N–H and O–H groups in total. The zero-order chi connectivity index (χ0) is 16.6. The van der Waals surface area contributed by atoms with Crippen LogP contribution in [0.1, 0.15) is 5.56 Å². The molecule has 0 bridgehead atoms. The summed E-state index contributed by atoms with van der Waals surface area (Å²) in [6.45, 7) is 0. The van der Waals surface area contributed by atoms with Crippen LogP contribution in [0.3, 0.4) is 0 Å². The van der Waals surface area contributed by atoms with E-state index in [9.17, 15) is 13.7 Å². The van der Waals surface area contributed by atoms with Crippen LogP contribution in [0, 0.1) is 11.3 Å². The summed E-state index contributed by atoms with van der Waals surface area (Å²) in [6, 6.07) is 11.9. The van der Waals surface area contributed by atoms with Crippen molar-refractivity contribution in [1.29, 1.82) is 5.26 Å². The summed E-state index contributed by atoms with van der Waals surface area (Å²) in [5.74, 6) is 0. The standard InChI is InChI=1S/C16H14N4O2S/c1-19(2)15-12(10-17)11-18-16-14(15)8-9-20(16)23(21,22)13-6-4-3-5-7-13/h3-9,11H,1-2H3. The molecule has 0 radical (unpaired) electrons. The van der Waals surface area contributed by atoms with Crippen molar-refractivity contribution in [3.05, 3.63) is 54.4 Å². The second kappa shape index (κ2) is 5.41. The minimum absolute atomic E-state index is 0.190. The molecule has 116 valence electrons. The summed E-state index contributed by atoms with van der Waals surface area (Å²) in [5, 5.41) is 9.85. The molecule has 0 saturated heterocycles. The van der Waals surface area contributed by atoms with Crippen LogP contribution in [0.4, 0.5) is 5.69 Å². The van der Waals surface area contributed by atoms with Crippen molar-refractivity contribution in [2.75, 3.05) is 19.0 Å². The summed E-state index contributed by atoms with van der Waals surface area (Å²) in [6.07, 6.45) is 2.86. The molecule has 0 spiro atoms. The lowest BCUT2D eigenvalue weighted by molar-refractivity contribution is 0.589. The third kappa shape index (κ3) is 2.33. The fraction of sp³-hybridized carbons (Fsp3) is 0.125. The van der Waals surface area contributed by atoms with Gasteiger partial charge in [-0.25, -0.2) is 17.4 Å². The highest BCUT2D eigenvalue weighted by Gasteiger charge is 2.22. The van der Waals surface area contributed by atoms with Crippen LogP contribution in [-0.2, 0) is 10.0 Å². The van der Waals surface area contributed by atoms with E-state index in [4.69, 9.17) is 0 Å². The van der Waals surface area contributed by atoms with Crippen LogP contribution >= 0.6 is 0 Å². The maximum atomic E-state index is 12.8. The Labute approximate surface area is 134 Å². The average molecular weight is 326 g/mol. The predicted octanol–water partition coefficient (Wildman–Crippen LogP) is 2.21. The molecule has 0 aliphatic carbocycles. The first-order valence-corrected chi connectivity index (χ1v) is 8.29. The highest BCUT2D eigenvalue weighted by atomic mass is 32.2. The lowest BCUT2D eigenvalue weighted by Crippen LogP contribution is -2.14. The molecule has 1 aromatic carbocycles. The van der Waals surface area contributed by atoms with Gasteiger partial charge in [0.15, 0.2) is 5.65 Å². The Hall–Kier alpha value is -2.85. The van der Waals surface area contributed by atoms with Gasteiger partial charge in [0.1, 0.15) is 6.07 Å². The predicted molar refractivity (Wildman–Crippen MR) is 87.8 cm³/mol. The number of nitrogens with zero attached hydrogens (tertiary/aromatic N) is 4. The zero-order valence-corrected chi connectivity index (χ0v) is 13.4. The van der Waals surface area contributed by atoms with Crippen LogP contribution in [-0.4, -0.2) is 31.5 Å².